The Labute approximate surface area is 538 Å². The number of imidazole rings is 2. The van der Waals surface area contributed by atoms with Crippen molar-refractivity contribution in [2.45, 2.75) is 95.0 Å². The Morgan fingerprint density at radius 3 is 1.73 bits per heavy atom. The van der Waals surface area contributed by atoms with Gasteiger partial charge in [-0.1, -0.05) is 168 Å². The summed E-state index contributed by atoms with van der Waals surface area (Å²) >= 11 is 0. The van der Waals surface area contributed by atoms with Crippen LogP contribution in [0.15, 0.2) is 194 Å². The summed E-state index contributed by atoms with van der Waals surface area (Å²) in [5.41, 5.74) is 1.72. The molecule has 2 aliphatic rings. The van der Waals surface area contributed by atoms with E-state index in [1.165, 1.54) is 19.3 Å². The van der Waals surface area contributed by atoms with E-state index in [-0.39, 0.29) is 60.8 Å². The minimum Gasteiger partial charge on any atom is -0.497 e. The molecule has 2 saturated heterocycles. The van der Waals surface area contributed by atoms with Gasteiger partial charge < -0.3 is 42.5 Å². The van der Waals surface area contributed by atoms with Crippen molar-refractivity contribution < 1.29 is 51.3 Å². The molecule has 2 fully saturated rings. The zero-order chi connectivity index (χ0) is 65.1. The molecule has 7 atom stereocenters. The van der Waals surface area contributed by atoms with E-state index >= 15 is 4.57 Å². The molecule has 6 aromatic carbocycles. The highest BCUT2D eigenvalue weighted by Gasteiger charge is 2.55. The van der Waals surface area contributed by atoms with Crippen LogP contribution in [0.25, 0.3) is 22.3 Å². The Kier molecular flexibility index (Phi) is 18.5. The third-order valence-corrected chi connectivity index (χ3v) is 23.3. The first-order chi connectivity index (χ1) is 44.9. The van der Waals surface area contributed by atoms with Crippen molar-refractivity contribution in [3.63, 3.8) is 0 Å². The van der Waals surface area contributed by atoms with Crippen LogP contribution in [0.4, 0.5) is 11.8 Å². The fourth-order valence-electron chi connectivity index (χ4n) is 12.3. The maximum Gasteiger partial charge on any atom is 0.328 e. The van der Waals surface area contributed by atoms with Gasteiger partial charge >= 0.3 is 7.60 Å². The zero-order valence-electron chi connectivity index (χ0n) is 52.7. The van der Waals surface area contributed by atoms with Gasteiger partial charge in [0.15, 0.2) is 28.1 Å². The van der Waals surface area contributed by atoms with Gasteiger partial charge in [-0.25, -0.2) is 19.9 Å². The summed E-state index contributed by atoms with van der Waals surface area (Å²) in [4.78, 5) is 65.5. The van der Waals surface area contributed by atoms with Crippen molar-refractivity contribution in [3.8, 4) is 11.5 Å². The lowest BCUT2D eigenvalue weighted by Gasteiger charge is -2.45. The summed E-state index contributed by atoms with van der Waals surface area (Å²) < 4.78 is 72.9. The van der Waals surface area contributed by atoms with Gasteiger partial charge in [0, 0.05) is 31.0 Å². The number of ether oxygens (including phenoxy) is 5. The molecule has 3 N–H and O–H groups in total. The number of amides is 2. The summed E-state index contributed by atoms with van der Waals surface area (Å²) in [6.07, 6.45) is -0.536. The number of hydrogen-bond acceptors (Lipinski definition) is 17. The summed E-state index contributed by atoms with van der Waals surface area (Å²) in [6, 6.07) is 54.3. The van der Waals surface area contributed by atoms with Crippen LogP contribution in [0, 0.1) is 5.92 Å². The van der Waals surface area contributed by atoms with Crippen molar-refractivity contribution in [3.05, 3.63) is 221 Å². The van der Waals surface area contributed by atoms with Gasteiger partial charge in [-0.3, -0.25) is 38.4 Å². The highest BCUT2D eigenvalue weighted by Crippen LogP contribution is 2.52. The Hall–Kier alpha value is -9.03. The second kappa shape index (κ2) is 26.9. The topological polar surface area (TPSA) is 256 Å². The molecule has 2 amide bonds. The van der Waals surface area contributed by atoms with Crippen LogP contribution in [0.2, 0.25) is 5.04 Å². The summed E-state index contributed by atoms with van der Waals surface area (Å²) in [5, 5.41) is 7.22. The number of methoxy groups -OCH3 is 2. The van der Waals surface area contributed by atoms with E-state index in [1.54, 1.807) is 67.8 Å². The molecule has 12 rings (SSSR count). The van der Waals surface area contributed by atoms with Gasteiger partial charge in [0.05, 0.1) is 52.3 Å². The van der Waals surface area contributed by atoms with Gasteiger partial charge in [-0.05, 0) is 68.5 Å². The molecule has 0 spiro atoms. The molecule has 0 aliphatic carbocycles. The largest absolute Gasteiger partial charge is 0.497 e. The monoisotopic (exact) mass is 1290 g/mol. The third kappa shape index (κ3) is 13.1. The number of aromatic amines is 1. The lowest BCUT2D eigenvalue weighted by atomic mass is 9.80. The average molecular weight is 1290 g/mol. The first-order valence-corrected chi connectivity index (χ1v) is 34.6. The van der Waals surface area contributed by atoms with Crippen LogP contribution in [0.1, 0.15) is 87.0 Å². The minimum absolute atomic E-state index is 0.000956. The molecular formula is C69H73N10O12PSi. The maximum absolute atomic E-state index is 15.6. The highest BCUT2D eigenvalue weighted by atomic mass is 31.2. The number of H-pyrrole nitrogens is 1. The van der Waals surface area contributed by atoms with Gasteiger partial charge in [-0.2, -0.15) is 4.98 Å². The minimum atomic E-state index is -4.18. The van der Waals surface area contributed by atoms with Crippen LogP contribution < -0.4 is 36.0 Å². The van der Waals surface area contributed by atoms with Crippen molar-refractivity contribution in [2.24, 2.45) is 5.92 Å². The molecule has 24 heteroatoms. The molecule has 22 nitrogen and oxygen atoms in total. The van der Waals surface area contributed by atoms with Crippen molar-refractivity contribution in [1.29, 1.82) is 0 Å². The number of carbonyl (C=O) groups is 2. The molecule has 10 aromatic rings. The van der Waals surface area contributed by atoms with Crippen LogP contribution in [0.5, 0.6) is 11.5 Å². The number of hydrogen-bond donors (Lipinski definition) is 3. The van der Waals surface area contributed by atoms with Crippen molar-refractivity contribution >= 4 is 72.2 Å². The molecule has 1 unspecified atom stereocenters. The second-order valence-corrected chi connectivity index (χ2v) is 30.6. The highest BCUT2D eigenvalue weighted by molar-refractivity contribution is 7.53. The SMILES string of the molecule is COc1ccc(C(OC[C@H]2O[C@@H](n3cnc4c(=O)[nH]c(NC(=O)C(C)C)nc43)C[C@@H]2OP(C)(=O)OC[C@H]2O[C@@H](n3cnc4c(NC(=O)c5ccccc5)ncnc43)C[C@@H]2O[Si](c2ccccc2)(c2ccccc2)C(C)(C)C)(c2ccccc2)c2ccc(OC)cc2)cc1. The number of carbonyl (C=O) groups excluding carboxylic acids is 2. The van der Waals surface area contributed by atoms with Gasteiger partial charge in [0.1, 0.15) is 48.1 Å². The van der Waals surface area contributed by atoms with Gasteiger partial charge in [0.2, 0.25) is 11.9 Å². The lowest BCUT2D eigenvalue weighted by molar-refractivity contribution is -0.118. The quantitative estimate of drug-likeness (QED) is 0.0306. The number of nitrogens with one attached hydrogen (secondary N) is 3. The van der Waals surface area contributed by atoms with E-state index in [2.05, 4.69) is 80.6 Å². The van der Waals surface area contributed by atoms with Crippen LogP contribution in [-0.2, 0) is 42.6 Å². The van der Waals surface area contributed by atoms with E-state index in [1.807, 2.05) is 121 Å². The smallest absolute Gasteiger partial charge is 0.328 e. The molecule has 0 bridgehead atoms. The van der Waals surface area contributed by atoms with Crippen LogP contribution >= 0.6 is 7.60 Å². The summed E-state index contributed by atoms with van der Waals surface area (Å²) in [7, 11) is -4.28. The number of fused-ring (bicyclic) bond motifs is 2. The first-order valence-electron chi connectivity index (χ1n) is 30.7. The standard InChI is InChI=1S/C69H73N10O12PSi/c1-44(2)64(80)76-67-75-63-60(66(82)77-67)73-43-79(63)57-37-53(55(88-57)39-86-69(46-23-15-10-16-24-46,47-29-33-49(84-6)34-30-47)48-31-35-50(85-7)36-32-48)90-92(8,83)87-40-56-54(91-93(68(3,4)5,51-25-17-11-18-26-51)52-27-19-12-20-28-52)38-58(89-56)78-42-72-59-61(70-41-71-62(59)78)74-65(81)45-21-13-9-14-22-45/h9-36,41-44,53-58H,37-40H2,1-8H3,(H,70,71,74,81)(H2,75,76,77,80,82)/t53-,54-,55+,56+,57+,58+,92?/m0/s1. The van der Waals surface area contributed by atoms with Crippen LogP contribution in [-0.4, -0.2) is 118 Å². The summed E-state index contributed by atoms with van der Waals surface area (Å²) in [5.74, 6) is 0.290. The molecule has 6 heterocycles. The Bertz CT molecular complexity index is 4260. The van der Waals surface area contributed by atoms with E-state index in [0.29, 0.717) is 28.2 Å². The molecule has 480 valence electrons. The number of rotatable bonds is 23. The predicted molar refractivity (Wildman–Crippen MR) is 354 cm³/mol. The number of aromatic nitrogens is 8. The van der Waals surface area contributed by atoms with Gasteiger partial charge in [-0.15, -0.1) is 0 Å². The Balaban J connectivity index is 0.900. The summed E-state index contributed by atoms with van der Waals surface area (Å²) in [6.45, 7) is 11.0. The molecule has 93 heavy (non-hydrogen) atoms. The van der Waals surface area contributed by atoms with E-state index in [4.69, 9.17) is 42.1 Å². The molecule has 2 aliphatic heterocycles. The maximum atomic E-state index is 15.6. The number of nitrogens with zero attached hydrogens (tertiary/aromatic N) is 7. The zero-order valence-corrected chi connectivity index (χ0v) is 54.6. The van der Waals surface area contributed by atoms with Gasteiger partial charge in [0.25, 0.3) is 19.8 Å². The van der Waals surface area contributed by atoms with E-state index in [9.17, 15) is 14.4 Å². The Morgan fingerprint density at radius 2 is 1.17 bits per heavy atom. The fraction of sp³-hybridized carbons (Fsp3) is 0.304. The molecule has 0 radical (unpaired) electrons. The second-order valence-electron chi connectivity index (χ2n) is 24.3. The van der Waals surface area contributed by atoms with E-state index in [0.717, 1.165) is 27.1 Å². The number of anilines is 2. The molecule has 0 saturated carbocycles. The number of benzene rings is 6. The molecular weight excluding hydrogens is 1220 g/mol. The Morgan fingerprint density at radius 1 is 0.656 bits per heavy atom. The first kappa shape index (κ1) is 64.1. The van der Waals surface area contributed by atoms with E-state index < -0.39 is 74.9 Å². The van der Waals surface area contributed by atoms with Crippen LogP contribution in [0.3, 0.4) is 0 Å². The van der Waals surface area contributed by atoms with Crippen molar-refractivity contribution in [2.75, 3.05) is 44.7 Å². The lowest BCUT2D eigenvalue weighted by Crippen LogP contribution is -2.68. The third-order valence-electron chi connectivity index (χ3n) is 17.0. The van der Waals surface area contributed by atoms with Crippen molar-refractivity contribution in [1.82, 2.24) is 39.0 Å². The predicted octanol–water partition coefficient (Wildman–Crippen LogP) is 10.6. The molecule has 4 aromatic heterocycles. The normalized spacial score (nSPS) is 19.2. The fourth-order valence-corrected chi connectivity index (χ4v) is 18.3. The average Bonchev–Trinajstić information content (AvgIpc) is 1.17.